The van der Waals surface area contributed by atoms with Gasteiger partial charge in [-0.05, 0) is 25.8 Å². The predicted molar refractivity (Wildman–Crippen MR) is 51.8 cm³/mol. The van der Waals surface area contributed by atoms with E-state index in [1.165, 1.54) is 12.8 Å². The Morgan fingerprint density at radius 3 is 2.73 bits per heavy atom. The summed E-state index contributed by atoms with van der Waals surface area (Å²) in [5.74, 6) is 0.824. The van der Waals surface area contributed by atoms with Crippen LogP contribution in [0, 0.1) is 5.92 Å². The van der Waals surface area contributed by atoms with Crippen molar-refractivity contribution in [1.29, 1.82) is 0 Å². The molecule has 0 saturated heterocycles. The van der Waals surface area contributed by atoms with Gasteiger partial charge >= 0.3 is 0 Å². The Balaban J connectivity index is 3.10. The first kappa shape index (κ1) is 10.7. The number of hydrogen-bond acceptors (Lipinski definition) is 1. The maximum atomic E-state index is 3.38. The minimum atomic E-state index is 0.824. The van der Waals surface area contributed by atoms with Crippen molar-refractivity contribution < 1.29 is 0 Å². The number of nitrogens with one attached hydrogen (secondary N) is 1. The zero-order chi connectivity index (χ0) is 8.53. The van der Waals surface area contributed by atoms with Gasteiger partial charge in [0.2, 0.25) is 0 Å². The molecule has 0 amide bonds. The van der Waals surface area contributed by atoms with Gasteiger partial charge in [-0.3, -0.25) is 0 Å². The van der Waals surface area contributed by atoms with Crippen LogP contribution in [0.3, 0.4) is 0 Å². The van der Waals surface area contributed by atoms with E-state index in [0.717, 1.165) is 19.0 Å². The van der Waals surface area contributed by atoms with Gasteiger partial charge in [-0.25, -0.2) is 0 Å². The molecule has 1 unspecified atom stereocenters. The van der Waals surface area contributed by atoms with Crippen molar-refractivity contribution in [3.05, 3.63) is 12.2 Å². The highest BCUT2D eigenvalue weighted by atomic mass is 14.8. The fourth-order valence-corrected chi connectivity index (χ4v) is 1.13. The molecule has 0 spiro atoms. The normalized spacial score (nSPS) is 14.1. The van der Waals surface area contributed by atoms with E-state index in [4.69, 9.17) is 0 Å². The molecule has 0 aromatic carbocycles. The van der Waals surface area contributed by atoms with Gasteiger partial charge in [0.1, 0.15) is 0 Å². The second-order valence-electron chi connectivity index (χ2n) is 3.12. The summed E-state index contributed by atoms with van der Waals surface area (Å²) in [5, 5.41) is 3.38. The Kier molecular flexibility index (Phi) is 7.59. The van der Waals surface area contributed by atoms with E-state index >= 15 is 0 Å². The molecule has 1 atom stereocenters. The fraction of sp³-hybridized carbons (Fsp3) is 0.800. The molecule has 0 aromatic rings. The van der Waals surface area contributed by atoms with Gasteiger partial charge in [0.25, 0.3) is 0 Å². The van der Waals surface area contributed by atoms with Gasteiger partial charge in [0.15, 0.2) is 0 Å². The lowest BCUT2D eigenvalue weighted by Gasteiger charge is -2.09. The van der Waals surface area contributed by atoms with Crippen molar-refractivity contribution in [2.75, 3.05) is 13.1 Å². The molecule has 0 saturated carbocycles. The van der Waals surface area contributed by atoms with E-state index in [1.807, 2.05) is 0 Å². The quantitative estimate of drug-likeness (QED) is 0.459. The third-order valence-corrected chi connectivity index (χ3v) is 1.77. The first-order valence-corrected chi connectivity index (χ1v) is 4.63. The van der Waals surface area contributed by atoms with Gasteiger partial charge in [0.05, 0.1) is 0 Å². The van der Waals surface area contributed by atoms with Crippen LogP contribution in [0.15, 0.2) is 12.2 Å². The molecule has 0 rings (SSSR count). The first-order valence-electron chi connectivity index (χ1n) is 4.63. The van der Waals surface area contributed by atoms with E-state index in [2.05, 4.69) is 38.2 Å². The monoisotopic (exact) mass is 155 g/mol. The van der Waals surface area contributed by atoms with Crippen molar-refractivity contribution in [2.24, 2.45) is 5.92 Å². The molecule has 0 aliphatic rings. The Morgan fingerprint density at radius 1 is 1.45 bits per heavy atom. The Labute approximate surface area is 70.9 Å². The largest absolute Gasteiger partial charge is 0.313 e. The summed E-state index contributed by atoms with van der Waals surface area (Å²) < 4.78 is 0. The van der Waals surface area contributed by atoms with Gasteiger partial charge < -0.3 is 5.32 Å². The van der Waals surface area contributed by atoms with Gasteiger partial charge in [-0.2, -0.15) is 0 Å². The van der Waals surface area contributed by atoms with Gasteiger partial charge in [-0.15, -0.1) is 0 Å². The molecule has 66 valence electrons. The molecule has 1 nitrogen and oxygen atoms in total. The summed E-state index contributed by atoms with van der Waals surface area (Å²) in [6.45, 7) is 8.76. The highest BCUT2D eigenvalue weighted by Gasteiger charge is 1.97. The van der Waals surface area contributed by atoms with Crippen LogP contribution in [0.25, 0.3) is 0 Å². The van der Waals surface area contributed by atoms with E-state index in [9.17, 15) is 0 Å². The number of allylic oxidation sites excluding steroid dienone is 1. The Bertz CT molecular complexity index is 97.0. The molecular weight excluding hydrogens is 134 g/mol. The molecular formula is C10H21N. The van der Waals surface area contributed by atoms with Crippen molar-refractivity contribution in [3.8, 4) is 0 Å². The van der Waals surface area contributed by atoms with E-state index in [0.29, 0.717) is 0 Å². The van der Waals surface area contributed by atoms with Crippen LogP contribution >= 0.6 is 0 Å². The standard InChI is InChI=1S/C10H21N/c1-4-6-8-11-9-10(3)7-5-2/h4,6,10-11H,5,7-9H2,1-3H3. The molecule has 0 bridgehead atoms. The molecule has 0 aliphatic heterocycles. The second-order valence-corrected chi connectivity index (χ2v) is 3.12. The summed E-state index contributed by atoms with van der Waals surface area (Å²) in [5.41, 5.74) is 0. The molecule has 0 heterocycles. The Morgan fingerprint density at radius 2 is 2.18 bits per heavy atom. The minimum Gasteiger partial charge on any atom is -0.313 e. The third kappa shape index (κ3) is 7.60. The average Bonchev–Trinajstić information content (AvgIpc) is 1.99. The van der Waals surface area contributed by atoms with E-state index in [1.54, 1.807) is 0 Å². The number of hydrogen-bond donors (Lipinski definition) is 1. The molecule has 1 N–H and O–H groups in total. The zero-order valence-corrected chi connectivity index (χ0v) is 8.06. The lowest BCUT2D eigenvalue weighted by atomic mass is 10.1. The van der Waals surface area contributed by atoms with Crippen LogP contribution in [0.1, 0.15) is 33.6 Å². The van der Waals surface area contributed by atoms with E-state index in [-0.39, 0.29) is 0 Å². The topological polar surface area (TPSA) is 12.0 Å². The van der Waals surface area contributed by atoms with Crippen LogP contribution in [0.5, 0.6) is 0 Å². The van der Waals surface area contributed by atoms with E-state index < -0.39 is 0 Å². The van der Waals surface area contributed by atoms with Crippen LogP contribution in [0.4, 0.5) is 0 Å². The first-order chi connectivity index (χ1) is 5.31. The third-order valence-electron chi connectivity index (χ3n) is 1.77. The van der Waals surface area contributed by atoms with Crippen molar-refractivity contribution >= 4 is 0 Å². The lowest BCUT2D eigenvalue weighted by Crippen LogP contribution is -2.20. The molecule has 0 aliphatic carbocycles. The van der Waals surface area contributed by atoms with Crippen LogP contribution in [0.2, 0.25) is 0 Å². The number of rotatable bonds is 6. The minimum absolute atomic E-state index is 0.824. The molecule has 11 heavy (non-hydrogen) atoms. The molecule has 0 fully saturated rings. The maximum Gasteiger partial charge on any atom is 0.0134 e. The Hall–Kier alpha value is -0.300. The second kappa shape index (κ2) is 7.80. The smallest absolute Gasteiger partial charge is 0.0134 e. The summed E-state index contributed by atoms with van der Waals surface area (Å²) in [6.07, 6.45) is 6.87. The SMILES string of the molecule is CC=CCNCC(C)CCC. The molecule has 0 aromatic heterocycles. The van der Waals surface area contributed by atoms with Crippen molar-refractivity contribution in [1.82, 2.24) is 5.32 Å². The fourth-order valence-electron chi connectivity index (χ4n) is 1.13. The van der Waals surface area contributed by atoms with Crippen LogP contribution in [-0.4, -0.2) is 13.1 Å². The van der Waals surface area contributed by atoms with Crippen LogP contribution in [-0.2, 0) is 0 Å². The maximum absolute atomic E-state index is 3.38. The zero-order valence-electron chi connectivity index (χ0n) is 8.06. The molecule has 1 heteroatoms. The van der Waals surface area contributed by atoms with Crippen molar-refractivity contribution in [3.63, 3.8) is 0 Å². The predicted octanol–water partition coefficient (Wildman–Crippen LogP) is 2.59. The molecule has 0 radical (unpaired) electrons. The lowest BCUT2D eigenvalue weighted by molar-refractivity contribution is 0.489. The van der Waals surface area contributed by atoms with Crippen molar-refractivity contribution in [2.45, 2.75) is 33.6 Å². The summed E-state index contributed by atoms with van der Waals surface area (Å²) in [6, 6.07) is 0. The van der Waals surface area contributed by atoms with Gasteiger partial charge in [-0.1, -0.05) is 32.4 Å². The highest BCUT2D eigenvalue weighted by Crippen LogP contribution is 2.01. The highest BCUT2D eigenvalue weighted by molar-refractivity contribution is 4.79. The average molecular weight is 155 g/mol. The van der Waals surface area contributed by atoms with Gasteiger partial charge in [0, 0.05) is 6.54 Å². The summed E-state index contributed by atoms with van der Waals surface area (Å²) in [4.78, 5) is 0. The summed E-state index contributed by atoms with van der Waals surface area (Å²) in [7, 11) is 0. The van der Waals surface area contributed by atoms with Crippen LogP contribution < -0.4 is 5.32 Å². The summed E-state index contributed by atoms with van der Waals surface area (Å²) >= 11 is 0.